The van der Waals surface area contributed by atoms with Crippen molar-refractivity contribution in [2.45, 2.75) is 11.3 Å². The fourth-order valence-corrected chi connectivity index (χ4v) is 3.43. The second kappa shape index (κ2) is 5.14. The maximum Gasteiger partial charge on any atom is 0.245 e. The van der Waals surface area contributed by atoms with E-state index < -0.39 is 21.5 Å². The van der Waals surface area contributed by atoms with Crippen LogP contribution >= 0.6 is 0 Å². The molecule has 0 unspecified atom stereocenters. The summed E-state index contributed by atoms with van der Waals surface area (Å²) >= 11 is 0. The maximum atomic E-state index is 13.3. The number of anilines is 1. The van der Waals surface area contributed by atoms with E-state index >= 15 is 0 Å². The monoisotopic (exact) mass is 287 g/mol. The molecule has 0 aromatic heterocycles. The van der Waals surface area contributed by atoms with Crippen molar-refractivity contribution in [1.29, 1.82) is 0 Å². The quantitative estimate of drug-likeness (QED) is 0.744. The van der Waals surface area contributed by atoms with Gasteiger partial charge >= 0.3 is 0 Å². The number of hydrogen-bond donors (Lipinski definition) is 2. The number of hydrogen-bond acceptors (Lipinski definition) is 4. The lowest BCUT2D eigenvalue weighted by molar-refractivity contribution is -0.120. The van der Waals surface area contributed by atoms with Gasteiger partial charge in [-0.1, -0.05) is 6.07 Å². The first-order valence-electron chi connectivity index (χ1n) is 5.74. The first-order chi connectivity index (χ1) is 8.93. The van der Waals surface area contributed by atoms with Crippen molar-refractivity contribution in [2.75, 3.05) is 25.4 Å². The molecule has 104 valence electrons. The van der Waals surface area contributed by atoms with Gasteiger partial charge < -0.3 is 11.1 Å². The summed E-state index contributed by atoms with van der Waals surface area (Å²) in [6.45, 7) is 0.332. The summed E-state index contributed by atoms with van der Waals surface area (Å²) in [4.78, 5) is 11.1. The van der Waals surface area contributed by atoms with Crippen LogP contribution in [0, 0.1) is 5.82 Å². The van der Waals surface area contributed by atoms with Gasteiger partial charge in [0, 0.05) is 13.1 Å². The van der Waals surface area contributed by atoms with Crippen LogP contribution in [0.2, 0.25) is 0 Å². The molecule has 0 atom stereocenters. The van der Waals surface area contributed by atoms with Crippen molar-refractivity contribution in [2.24, 2.45) is 0 Å². The van der Waals surface area contributed by atoms with Crippen LogP contribution in [0.4, 0.5) is 10.1 Å². The van der Waals surface area contributed by atoms with Crippen LogP contribution in [-0.2, 0) is 14.8 Å². The Labute approximate surface area is 110 Å². The number of nitrogen functional groups attached to an aromatic ring is 1. The molecule has 0 aliphatic carbocycles. The minimum atomic E-state index is -3.96. The number of halogens is 1. The number of para-hydroxylation sites is 1. The Balaban J connectivity index is 2.41. The highest BCUT2D eigenvalue weighted by molar-refractivity contribution is 7.89. The van der Waals surface area contributed by atoms with Crippen molar-refractivity contribution < 1.29 is 17.6 Å². The number of carbonyl (C=O) groups excluding carboxylic acids is 1. The van der Waals surface area contributed by atoms with Gasteiger partial charge in [0.2, 0.25) is 15.9 Å². The molecule has 0 bridgehead atoms. The molecular weight excluding hydrogens is 273 g/mol. The average Bonchev–Trinajstić information content (AvgIpc) is 2.57. The van der Waals surface area contributed by atoms with Gasteiger partial charge in [-0.15, -0.1) is 0 Å². The molecule has 1 aromatic rings. The number of nitrogens with zero attached hydrogens (tertiary/aromatic N) is 1. The fourth-order valence-electron chi connectivity index (χ4n) is 1.86. The summed E-state index contributed by atoms with van der Waals surface area (Å²) in [5, 5.41) is 2.57. The van der Waals surface area contributed by atoms with Crippen LogP contribution in [0.25, 0.3) is 0 Å². The number of carbonyl (C=O) groups is 1. The zero-order valence-electron chi connectivity index (χ0n) is 10.1. The molecule has 2 rings (SSSR count). The van der Waals surface area contributed by atoms with Gasteiger partial charge in [0.05, 0.1) is 12.2 Å². The van der Waals surface area contributed by atoms with Crippen molar-refractivity contribution in [3.05, 3.63) is 24.0 Å². The van der Waals surface area contributed by atoms with Crippen LogP contribution in [0.1, 0.15) is 6.42 Å². The standard InChI is InChI=1S/C11H14FN3O3S/c12-8-3-1-4-9(11(8)13)19(17,18)15-6-2-5-14-10(16)7-15/h1,3-4H,2,5-7,13H2,(H,14,16). The van der Waals surface area contributed by atoms with E-state index in [0.29, 0.717) is 13.0 Å². The Morgan fingerprint density at radius 3 is 2.84 bits per heavy atom. The van der Waals surface area contributed by atoms with Gasteiger partial charge in [0.25, 0.3) is 0 Å². The molecule has 0 radical (unpaired) electrons. The zero-order valence-corrected chi connectivity index (χ0v) is 10.9. The molecule has 1 fully saturated rings. The van der Waals surface area contributed by atoms with Gasteiger partial charge in [0.1, 0.15) is 10.7 Å². The highest BCUT2D eigenvalue weighted by Crippen LogP contribution is 2.24. The minimum Gasteiger partial charge on any atom is -0.395 e. The number of nitrogens with two attached hydrogens (primary N) is 1. The number of sulfonamides is 1. The van der Waals surface area contributed by atoms with Crippen LogP contribution in [0.15, 0.2) is 23.1 Å². The van der Waals surface area contributed by atoms with Crippen molar-refractivity contribution in [1.82, 2.24) is 9.62 Å². The highest BCUT2D eigenvalue weighted by atomic mass is 32.2. The van der Waals surface area contributed by atoms with Gasteiger partial charge in [-0.25, -0.2) is 12.8 Å². The number of benzene rings is 1. The molecule has 1 heterocycles. The number of amides is 1. The molecule has 3 N–H and O–H groups in total. The Hall–Kier alpha value is -1.67. The van der Waals surface area contributed by atoms with Gasteiger partial charge in [-0.05, 0) is 18.6 Å². The first-order valence-corrected chi connectivity index (χ1v) is 7.18. The minimum absolute atomic E-state index is 0.191. The molecule has 1 saturated heterocycles. The lowest BCUT2D eigenvalue weighted by atomic mass is 10.3. The topological polar surface area (TPSA) is 92.5 Å². The Morgan fingerprint density at radius 2 is 2.11 bits per heavy atom. The van der Waals surface area contributed by atoms with Crippen molar-refractivity contribution in [3.63, 3.8) is 0 Å². The molecule has 19 heavy (non-hydrogen) atoms. The zero-order chi connectivity index (χ0) is 14.0. The van der Waals surface area contributed by atoms with E-state index in [-0.39, 0.29) is 23.9 Å². The summed E-state index contributed by atoms with van der Waals surface area (Å²) < 4.78 is 39.1. The third-order valence-corrected chi connectivity index (χ3v) is 4.76. The predicted molar refractivity (Wildman–Crippen MR) is 67.2 cm³/mol. The van der Waals surface area contributed by atoms with E-state index in [2.05, 4.69) is 5.32 Å². The van der Waals surface area contributed by atoms with Gasteiger partial charge in [-0.3, -0.25) is 4.79 Å². The Bertz CT molecular complexity index is 603. The second-order valence-electron chi connectivity index (χ2n) is 4.19. The largest absolute Gasteiger partial charge is 0.395 e. The normalized spacial score (nSPS) is 17.8. The lowest BCUT2D eigenvalue weighted by Gasteiger charge is -2.19. The van der Waals surface area contributed by atoms with E-state index in [1.165, 1.54) is 12.1 Å². The third-order valence-electron chi connectivity index (χ3n) is 2.86. The van der Waals surface area contributed by atoms with E-state index in [4.69, 9.17) is 5.73 Å². The van der Waals surface area contributed by atoms with Crippen LogP contribution < -0.4 is 11.1 Å². The predicted octanol–water partition coefficient (Wildman–Crippen LogP) is -0.0815. The fraction of sp³-hybridized carbons (Fsp3) is 0.364. The molecule has 0 spiro atoms. The van der Waals surface area contributed by atoms with E-state index in [9.17, 15) is 17.6 Å². The summed E-state index contributed by atoms with van der Waals surface area (Å²) in [7, 11) is -3.96. The molecule has 1 amide bonds. The smallest absolute Gasteiger partial charge is 0.245 e. The third kappa shape index (κ3) is 2.69. The summed E-state index contributed by atoms with van der Waals surface area (Å²) in [5.41, 5.74) is 5.04. The second-order valence-corrected chi connectivity index (χ2v) is 6.10. The molecule has 1 aliphatic rings. The molecular formula is C11H14FN3O3S. The van der Waals surface area contributed by atoms with E-state index in [0.717, 1.165) is 10.4 Å². The summed E-state index contributed by atoms with van der Waals surface area (Å²) in [6.07, 6.45) is 0.500. The van der Waals surface area contributed by atoms with Crippen molar-refractivity contribution in [3.8, 4) is 0 Å². The Morgan fingerprint density at radius 1 is 1.37 bits per heavy atom. The van der Waals surface area contributed by atoms with E-state index in [1.807, 2.05) is 0 Å². The van der Waals surface area contributed by atoms with Crippen LogP contribution in [0.3, 0.4) is 0 Å². The molecule has 1 aliphatic heterocycles. The first kappa shape index (κ1) is 13.8. The van der Waals surface area contributed by atoms with Crippen molar-refractivity contribution >= 4 is 21.6 Å². The summed E-state index contributed by atoms with van der Waals surface area (Å²) in [6, 6.07) is 3.59. The average molecular weight is 287 g/mol. The van der Waals surface area contributed by atoms with Crippen LogP contribution in [0.5, 0.6) is 0 Å². The maximum absolute atomic E-state index is 13.3. The molecule has 0 saturated carbocycles. The Kier molecular flexibility index (Phi) is 3.72. The number of nitrogens with one attached hydrogen (secondary N) is 1. The molecule has 1 aromatic carbocycles. The lowest BCUT2D eigenvalue weighted by Crippen LogP contribution is -2.37. The SMILES string of the molecule is Nc1c(F)cccc1S(=O)(=O)N1CCCNC(=O)C1. The van der Waals surface area contributed by atoms with Gasteiger partial charge in [0.15, 0.2) is 0 Å². The van der Waals surface area contributed by atoms with Gasteiger partial charge in [-0.2, -0.15) is 4.31 Å². The highest BCUT2D eigenvalue weighted by Gasteiger charge is 2.30. The molecule has 6 nitrogen and oxygen atoms in total. The van der Waals surface area contributed by atoms with E-state index in [1.54, 1.807) is 0 Å². The molecule has 8 heteroatoms. The number of rotatable bonds is 2. The summed E-state index contributed by atoms with van der Waals surface area (Å²) in [5.74, 6) is -1.17. The van der Waals surface area contributed by atoms with Crippen LogP contribution in [-0.4, -0.2) is 38.3 Å².